The van der Waals surface area contributed by atoms with Gasteiger partial charge in [-0.05, 0) is 57.4 Å². The van der Waals surface area contributed by atoms with Crippen molar-refractivity contribution >= 4 is 0 Å². The van der Waals surface area contributed by atoms with Crippen LogP contribution in [0.3, 0.4) is 0 Å². The van der Waals surface area contributed by atoms with Crippen LogP contribution in [-0.2, 0) is 0 Å². The molecule has 2 unspecified atom stereocenters. The molecule has 0 bridgehead atoms. The van der Waals surface area contributed by atoms with Crippen molar-refractivity contribution in [3.63, 3.8) is 0 Å². The van der Waals surface area contributed by atoms with Gasteiger partial charge in [0, 0.05) is 30.7 Å². The average Bonchev–Trinajstić information content (AvgIpc) is 2.72. The second kappa shape index (κ2) is 6.15. The molecule has 1 aromatic rings. The molecule has 1 aliphatic rings. The number of aryl methyl sites for hydroxylation is 1. The van der Waals surface area contributed by atoms with Gasteiger partial charge in [0.1, 0.15) is 5.75 Å². The van der Waals surface area contributed by atoms with Gasteiger partial charge in [-0.3, -0.25) is 0 Å². The Hall–Kier alpha value is -1.06. The maximum atomic E-state index is 10.2. The van der Waals surface area contributed by atoms with Crippen molar-refractivity contribution in [3.8, 4) is 5.75 Å². The minimum absolute atomic E-state index is 0.292. The van der Waals surface area contributed by atoms with Gasteiger partial charge in [0.25, 0.3) is 0 Å². The number of rotatable bonds is 5. The summed E-state index contributed by atoms with van der Waals surface area (Å²) in [5.41, 5.74) is 3.78. The molecular weight excluding hydrogens is 248 g/mol. The molecule has 0 spiro atoms. The number of hydrogen-bond acceptors (Lipinski definition) is 3. The van der Waals surface area contributed by atoms with Gasteiger partial charge in [0.2, 0.25) is 0 Å². The molecule has 0 aliphatic heterocycles. The van der Waals surface area contributed by atoms with Crippen molar-refractivity contribution < 1.29 is 5.11 Å². The van der Waals surface area contributed by atoms with Crippen molar-refractivity contribution in [3.05, 3.63) is 28.8 Å². The Bertz CT molecular complexity index is 470. The van der Waals surface area contributed by atoms with E-state index in [1.807, 2.05) is 12.1 Å². The van der Waals surface area contributed by atoms with Crippen LogP contribution in [0.15, 0.2) is 12.1 Å². The topological polar surface area (TPSA) is 35.5 Å². The Labute approximate surface area is 123 Å². The van der Waals surface area contributed by atoms with Crippen LogP contribution < -0.4 is 5.32 Å². The lowest BCUT2D eigenvalue weighted by atomic mass is 9.97. The van der Waals surface area contributed by atoms with Crippen LogP contribution in [0, 0.1) is 6.92 Å². The molecule has 2 rings (SSSR count). The Balaban J connectivity index is 2.05. The highest BCUT2D eigenvalue weighted by Gasteiger charge is 2.31. The molecule has 0 saturated heterocycles. The first-order chi connectivity index (χ1) is 9.41. The highest BCUT2D eigenvalue weighted by atomic mass is 16.3. The lowest BCUT2D eigenvalue weighted by Crippen LogP contribution is -2.34. The van der Waals surface area contributed by atoms with E-state index in [0.29, 0.717) is 23.8 Å². The number of phenolic OH excluding ortho intramolecular Hbond substituents is 1. The minimum atomic E-state index is 0.292. The van der Waals surface area contributed by atoms with Crippen molar-refractivity contribution in [2.45, 2.75) is 52.1 Å². The monoisotopic (exact) mass is 276 g/mol. The van der Waals surface area contributed by atoms with E-state index in [-0.39, 0.29) is 0 Å². The molecule has 20 heavy (non-hydrogen) atoms. The Morgan fingerprint density at radius 1 is 1.35 bits per heavy atom. The third-order valence-corrected chi connectivity index (χ3v) is 4.65. The highest BCUT2D eigenvalue weighted by molar-refractivity contribution is 5.50. The Morgan fingerprint density at radius 3 is 2.70 bits per heavy atom. The lowest BCUT2D eigenvalue weighted by molar-refractivity contribution is 0.268. The van der Waals surface area contributed by atoms with Crippen LogP contribution in [0.4, 0.5) is 0 Å². The molecule has 1 aliphatic carbocycles. The summed E-state index contributed by atoms with van der Waals surface area (Å²) in [6.45, 7) is 10.8. The van der Waals surface area contributed by atoms with Gasteiger partial charge in [-0.1, -0.05) is 13.0 Å². The first kappa shape index (κ1) is 15.3. The number of fused-ring (bicyclic) bond motifs is 1. The minimum Gasteiger partial charge on any atom is -0.508 e. The molecule has 1 aromatic carbocycles. The fourth-order valence-electron chi connectivity index (χ4n) is 3.20. The molecule has 3 nitrogen and oxygen atoms in total. The number of aromatic hydroxyl groups is 1. The second-order valence-corrected chi connectivity index (χ2v) is 6.45. The summed E-state index contributed by atoms with van der Waals surface area (Å²) in [4.78, 5) is 2.34. The van der Waals surface area contributed by atoms with Crippen molar-refractivity contribution in [2.24, 2.45) is 0 Å². The molecule has 3 heteroatoms. The lowest BCUT2D eigenvalue weighted by Gasteiger charge is -2.23. The highest BCUT2D eigenvalue weighted by Crippen LogP contribution is 2.45. The first-order valence-corrected chi connectivity index (χ1v) is 7.67. The maximum absolute atomic E-state index is 10.2. The van der Waals surface area contributed by atoms with E-state index in [1.54, 1.807) is 0 Å². The van der Waals surface area contributed by atoms with Crippen LogP contribution in [0.5, 0.6) is 5.75 Å². The largest absolute Gasteiger partial charge is 0.508 e. The quantitative estimate of drug-likeness (QED) is 0.867. The smallest absolute Gasteiger partial charge is 0.120 e. The van der Waals surface area contributed by atoms with E-state index in [9.17, 15) is 5.11 Å². The van der Waals surface area contributed by atoms with Gasteiger partial charge < -0.3 is 15.3 Å². The standard InChI is InChI=1S/C17H28N2O/c1-11(2)19(5)9-8-18-14-10-13(4)16-12(3)6-7-15(20)17(14)16/h6-7,11,13-14,18,20H,8-10H2,1-5H3. The van der Waals surface area contributed by atoms with Crippen LogP contribution >= 0.6 is 0 Å². The predicted molar refractivity (Wildman–Crippen MR) is 84.4 cm³/mol. The normalized spacial score (nSPS) is 21.8. The molecule has 0 aromatic heterocycles. The third-order valence-electron chi connectivity index (χ3n) is 4.65. The number of nitrogens with zero attached hydrogens (tertiary/aromatic N) is 1. The molecule has 2 atom stereocenters. The molecule has 0 fully saturated rings. The molecule has 112 valence electrons. The summed E-state index contributed by atoms with van der Waals surface area (Å²) >= 11 is 0. The zero-order valence-electron chi connectivity index (χ0n) is 13.4. The van der Waals surface area contributed by atoms with Crippen LogP contribution in [-0.4, -0.2) is 36.2 Å². The number of phenols is 1. The predicted octanol–water partition coefficient (Wildman–Crippen LogP) is 3.18. The van der Waals surface area contributed by atoms with E-state index in [1.165, 1.54) is 11.1 Å². The molecular formula is C17H28N2O. The van der Waals surface area contributed by atoms with Crippen molar-refractivity contribution in [1.29, 1.82) is 0 Å². The number of benzene rings is 1. The van der Waals surface area contributed by atoms with E-state index in [0.717, 1.165) is 25.1 Å². The van der Waals surface area contributed by atoms with Gasteiger partial charge in [-0.25, -0.2) is 0 Å². The van der Waals surface area contributed by atoms with E-state index in [4.69, 9.17) is 0 Å². The molecule has 2 N–H and O–H groups in total. The zero-order valence-corrected chi connectivity index (χ0v) is 13.4. The van der Waals surface area contributed by atoms with Gasteiger partial charge in [0.15, 0.2) is 0 Å². The Kier molecular flexibility index (Phi) is 4.71. The molecule has 0 radical (unpaired) electrons. The summed E-state index contributed by atoms with van der Waals surface area (Å²) in [6, 6.07) is 4.73. The van der Waals surface area contributed by atoms with Gasteiger partial charge >= 0.3 is 0 Å². The van der Waals surface area contributed by atoms with Crippen molar-refractivity contribution in [2.75, 3.05) is 20.1 Å². The first-order valence-electron chi connectivity index (χ1n) is 7.67. The average molecular weight is 276 g/mol. The third kappa shape index (κ3) is 2.99. The molecule has 0 saturated carbocycles. The fraction of sp³-hybridized carbons (Fsp3) is 0.647. The van der Waals surface area contributed by atoms with Crippen molar-refractivity contribution in [1.82, 2.24) is 10.2 Å². The van der Waals surface area contributed by atoms with Crippen LogP contribution in [0.25, 0.3) is 0 Å². The van der Waals surface area contributed by atoms with Crippen LogP contribution in [0.1, 0.15) is 55.8 Å². The van der Waals surface area contributed by atoms with E-state index in [2.05, 4.69) is 45.0 Å². The summed E-state index contributed by atoms with van der Waals surface area (Å²) in [6.07, 6.45) is 1.08. The second-order valence-electron chi connectivity index (χ2n) is 6.45. The summed E-state index contributed by atoms with van der Waals surface area (Å²) < 4.78 is 0. The Morgan fingerprint density at radius 2 is 2.05 bits per heavy atom. The maximum Gasteiger partial charge on any atom is 0.120 e. The van der Waals surface area contributed by atoms with Gasteiger partial charge in [-0.15, -0.1) is 0 Å². The zero-order chi connectivity index (χ0) is 14.9. The van der Waals surface area contributed by atoms with Gasteiger partial charge in [-0.2, -0.15) is 0 Å². The number of nitrogens with one attached hydrogen (secondary N) is 1. The number of hydrogen-bond donors (Lipinski definition) is 2. The summed E-state index contributed by atoms with van der Waals surface area (Å²) in [5, 5.41) is 13.8. The van der Waals surface area contributed by atoms with Crippen LogP contribution in [0.2, 0.25) is 0 Å². The van der Waals surface area contributed by atoms with E-state index < -0.39 is 0 Å². The van der Waals surface area contributed by atoms with E-state index >= 15 is 0 Å². The number of likely N-dealkylation sites (N-methyl/N-ethyl adjacent to an activating group) is 1. The fourth-order valence-corrected chi connectivity index (χ4v) is 3.20. The summed E-state index contributed by atoms with van der Waals surface area (Å²) in [5.74, 6) is 0.974. The SMILES string of the molecule is Cc1ccc(O)c2c1C(C)CC2NCCN(C)C(C)C. The summed E-state index contributed by atoms with van der Waals surface area (Å²) in [7, 11) is 2.15. The van der Waals surface area contributed by atoms with Gasteiger partial charge in [0.05, 0.1) is 0 Å². The molecule has 0 amide bonds. The molecule has 0 heterocycles.